The Labute approximate surface area is 106 Å². The maximum absolute atomic E-state index is 9.07. The second kappa shape index (κ2) is 6.89. The average Bonchev–Trinajstić information content (AvgIpc) is 2.38. The highest BCUT2D eigenvalue weighted by Gasteiger charge is 2.02. The third kappa shape index (κ3) is 3.73. The van der Waals surface area contributed by atoms with Gasteiger partial charge in [0.2, 0.25) is 0 Å². The molecular formula is C13H14ClNO2. The number of hydrogen-bond donors (Lipinski definition) is 1. The van der Waals surface area contributed by atoms with Crippen LogP contribution in [0.3, 0.4) is 0 Å². The molecule has 3 nitrogen and oxygen atoms in total. The molecule has 0 unspecified atom stereocenters. The Morgan fingerprint density at radius 2 is 1.82 bits per heavy atom. The molecule has 0 aliphatic heterocycles. The molecule has 1 N–H and O–H groups in total. The van der Waals surface area contributed by atoms with E-state index in [1.807, 2.05) is 36.4 Å². The zero-order valence-corrected chi connectivity index (χ0v) is 10.1. The van der Waals surface area contributed by atoms with Crippen LogP contribution >= 0.6 is 12.4 Å². The van der Waals surface area contributed by atoms with Crippen LogP contribution in [0.1, 0.15) is 11.3 Å². The summed E-state index contributed by atoms with van der Waals surface area (Å²) < 4.78 is 5.59. The van der Waals surface area contributed by atoms with Crippen LogP contribution in [0.25, 0.3) is 0 Å². The number of rotatable bonds is 4. The number of aromatic nitrogens is 1. The predicted octanol–water partition coefficient (Wildman–Crippen LogP) is 2.57. The van der Waals surface area contributed by atoms with Crippen molar-refractivity contribution in [2.45, 2.75) is 13.2 Å². The second-order valence-corrected chi connectivity index (χ2v) is 3.38. The Bertz CT molecular complexity index is 448. The molecule has 1 aromatic carbocycles. The fourth-order valence-electron chi connectivity index (χ4n) is 1.41. The number of aliphatic hydroxyl groups excluding tert-OH is 1. The second-order valence-electron chi connectivity index (χ2n) is 3.38. The number of pyridine rings is 1. The first-order valence-corrected chi connectivity index (χ1v) is 5.11. The third-order valence-electron chi connectivity index (χ3n) is 2.24. The summed E-state index contributed by atoms with van der Waals surface area (Å²) in [6.07, 6.45) is 1.64. The summed E-state index contributed by atoms with van der Waals surface area (Å²) in [6.45, 7) is 0.379. The zero-order valence-electron chi connectivity index (χ0n) is 9.24. The normalized spacial score (nSPS) is 9.47. The summed E-state index contributed by atoms with van der Waals surface area (Å²) in [4.78, 5) is 4.03. The fourth-order valence-corrected chi connectivity index (χ4v) is 1.41. The van der Waals surface area contributed by atoms with Crippen LogP contribution in [0.2, 0.25) is 0 Å². The van der Waals surface area contributed by atoms with Crippen molar-refractivity contribution in [3.63, 3.8) is 0 Å². The maximum Gasteiger partial charge on any atom is 0.143 e. The monoisotopic (exact) mass is 251 g/mol. The van der Waals surface area contributed by atoms with E-state index in [4.69, 9.17) is 9.84 Å². The number of ether oxygens (including phenoxy) is 1. The standard InChI is InChI=1S/C13H13NO2.ClH/c15-9-12-13(7-4-8-14-12)16-10-11-5-2-1-3-6-11;/h1-8,15H,9-10H2;1H. The molecule has 0 saturated heterocycles. The van der Waals surface area contributed by atoms with Crippen molar-refractivity contribution in [2.75, 3.05) is 0 Å². The topological polar surface area (TPSA) is 42.4 Å². The molecule has 90 valence electrons. The van der Waals surface area contributed by atoms with E-state index in [2.05, 4.69) is 4.98 Å². The third-order valence-corrected chi connectivity index (χ3v) is 2.24. The predicted molar refractivity (Wildman–Crippen MR) is 68.2 cm³/mol. The lowest BCUT2D eigenvalue weighted by Gasteiger charge is -2.08. The molecule has 4 heteroatoms. The van der Waals surface area contributed by atoms with Crippen molar-refractivity contribution in [1.29, 1.82) is 0 Å². The first-order valence-electron chi connectivity index (χ1n) is 5.11. The summed E-state index contributed by atoms with van der Waals surface area (Å²) in [5.74, 6) is 0.633. The van der Waals surface area contributed by atoms with Gasteiger partial charge in [-0.15, -0.1) is 12.4 Å². The maximum atomic E-state index is 9.07. The van der Waals surface area contributed by atoms with E-state index in [0.717, 1.165) is 5.56 Å². The highest BCUT2D eigenvalue weighted by atomic mass is 35.5. The summed E-state index contributed by atoms with van der Waals surface area (Å²) in [5.41, 5.74) is 1.66. The number of nitrogens with zero attached hydrogens (tertiary/aromatic N) is 1. The van der Waals surface area contributed by atoms with Crippen LogP contribution in [0.15, 0.2) is 48.7 Å². The largest absolute Gasteiger partial charge is 0.487 e. The Morgan fingerprint density at radius 3 is 2.53 bits per heavy atom. The van der Waals surface area contributed by atoms with Gasteiger partial charge in [-0.25, -0.2) is 0 Å². The van der Waals surface area contributed by atoms with Gasteiger partial charge in [-0.3, -0.25) is 4.98 Å². The molecule has 2 rings (SSSR count). The number of halogens is 1. The van der Waals surface area contributed by atoms with E-state index < -0.39 is 0 Å². The van der Waals surface area contributed by atoms with Gasteiger partial charge in [-0.2, -0.15) is 0 Å². The van der Waals surface area contributed by atoms with Crippen molar-refractivity contribution < 1.29 is 9.84 Å². The summed E-state index contributed by atoms with van der Waals surface area (Å²) in [7, 11) is 0. The van der Waals surface area contributed by atoms with Crippen LogP contribution in [-0.2, 0) is 13.2 Å². The molecule has 0 fully saturated rings. The lowest BCUT2D eigenvalue weighted by molar-refractivity contribution is 0.253. The average molecular weight is 252 g/mol. The van der Waals surface area contributed by atoms with Gasteiger partial charge >= 0.3 is 0 Å². The highest BCUT2D eigenvalue weighted by molar-refractivity contribution is 5.85. The van der Waals surface area contributed by atoms with Crippen molar-refractivity contribution in [2.24, 2.45) is 0 Å². The van der Waals surface area contributed by atoms with E-state index in [-0.39, 0.29) is 19.0 Å². The van der Waals surface area contributed by atoms with Gasteiger partial charge in [0.25, 0.3) is 0 Å². The van der Waals surface area contributed by atoms with E-state index >= 15 is 0 Å². The molecule has 0 aliphatic rings. The molecule has 1 heterocycles. The molecule has 0 amide bonds. The van der Waals surface area contributed by atoms with Gasteiger partial charge in [-0.1, -0.05) is 30.3 Å². The van der Waals surface area contributed by atoms with Crippen LogP contribution in [0.5, 0.6) is 5.75 Å². The molecule has 17 heavy (non-hydrogen) atoms. The van der Waals surface area contributed by atoms with Gasteiger partial charge in [0.05, 0.1) is 6.61 Å². The summed E-state index contributed by atoms with van der Waals surface area (Å²) in [5, 5.41) is 9.07. The molecular weight excluding hydrogens is 238 g/mol. The van der Waals surface area contributed by atoms with Gasteiger partial charge < -0.3 is 9.84 Å². The minimum Gasteiger partial charge on any atom is -0.487 e. The van der Waals surface area contributed by atoms with Crippen LogP contribution in [-0.4, -0.2) is 10.1 Å². The quantitative estimate of drug-likeness (QED) is 0.908. The smallest absolute Gasteiger partial charge is 0.143 e. The lowest BCUT2D eigenvalue weighted by atomic mass is 10.2. The van der Waals surface area contributed by atoms with Crippen LogP contribution in [0.4, 0.5) is 0 Å². The summed E-state index contributed by atoms with van der Waals surface area (Å²) >= 11 is 0. The molecule has 0 spiro atoms. The molecule has 0 radical (unpaired) electrons. The van der Waals surface area contributed by atoms with E-state index in [1.54, 1.807) is 12.3 Å². The SMILES string of the molecule is Cl.OCc1ncccc1OCc1ccccc1. The molecule has 0 bridgehead atoms. The van der Waals surface area contributed by atoms with Crippen molar-refractivity contribution in [3.05, 3.63) is 59.9 Å². The molecule has 2 aromatic rings. The minimum absolute atomic E-state index is 0. The number of aliphatic hydroxyl groups is 1. The zero-order chi connectivity index (χ0) is 11.2. The van der Waals surface area contributed by atoms with Crippen molar-refractivity contribution >= 4 is 12.4 Å². The first kappa shape index (κ1) is 13.5. The molecule has 0 aliphatic carbocycles. The van der Waals surface area contributed by atoms with Crippen molar-refractivity contribution in [1.82, 2.24) is 4.98 Å². The van der Waals surface area contributed by atoms with E-state index in [1.165, 1.54) is 0 Å². The molecule has 1 aromatic heterocycles. The van der Waals surface area contributed by atoms with Gasteiger partial charge in [0, 0.05) is 6.20 Å². The molecule has 0 atom stereocenters. The van der Waals surface area contributed by atoms with Crippen molar-refractivity contribution in [3.8, 4) is 5.75 Å². The van der Waals surface area contributed by atoms with Gasteiger partial charge in [0.1, 0.15) is 18.1 Å². The minimum atomic E-state index is -0.106. The Kier molecular flexibility index (Phi) is 5.46. The highest BCUT2D eigenvalue weighted by Crippen LogP contribution is 2.16. The Morgan fingerprint density at radius 1 is 1.06 bits per heavy atom. The van der Waals surface area contributed by atoms with E-state index in [9.17, 15) is 0 Å². The van der Waals surface area contributed by atoms with Crippen LogP contribution < -0.4 is 4.74 Å². The van der Waals surface area contributed by atoms with Gasteiger partial charge in [0.15, 0.2) is 0 Å². The number of hydrogen-bond acceptors (Lipinski definition) is 3. The Balaban J connectivity index is 0.00000144. The molecule has 0 saturated carbocycles. The Hall–Kier alpha value is -1.58. The fraction of sp³-hybridized carbons (Fsp3) is 0.154. The van der Waals surface area contributed by atoms with Gasteiger partial charge in [-0.05, 0) is 17.7 Å². The number of benzene rings is 1. The summed E-state index contributed by atoms with van der Waals surface area (Å²) in [6, 6.07) is 13.5. The van der Waals surface area contributed by atoms with Crippen LogP contribution in [0, 0.1) is 0 Å². The van der Waals surface area contributed by atoms with E-state index in [0.29, 0.717) is 18.1 Å². The first-order chi connectivity index (χ1) is 7.90. The lowest BCUT2D eigenvalue weighted by Crippen LogP contribution is -1.99.